The van der Waals surface area contributed by atoms with E-state index in [0.717, 1.165) is 5.56 Å². The average Bonchev–Trinajstić information content (AvgIpc) is 2.68. The van der Waals surface area contributed by atoms with E-state index in [9.17, 15) is 14.4 Å². The van der Waals surface area contributed by atoms with E-state index in [1.54, 1.807) is 42.5 Å². The first-order chi connectivity index (χ1) is 13.8. The van der Waals surface area contributed by atoms with Gasteiger partial charge in [-0.1, -0.05) is 35.9 Å². The SMILES string of the molecule is Cc1ccc(Cl)cc1NC(=O)[C@@H](C)OC(=O)Cc1nn(C)c(=O)c2ccccc12. The quantitative estimate of drug-likeness (QED) is 0.649. The number of aromatic nitrogens is 2. The maximum absolute atomic E-state index is 12.4. The molecule has 3 rings (SSSR count). The Bertz CT molecular complexity index is 1160. The zero-order valence-corrected chi connectivity index (χ0v) is 17.0. The minimum Gasteiger partial charge on any atom is -0.452 e. The van der Waals surface area contributed by atoms with Gasteiger partial charge >= 0.3 is 5.97 Å². The standard InChI is InChI=1S/C21H20ClN3O4/c1-12-8-9-14(22)10-17(12)23-20(27)13(2)29-19(26)11-18-15-6-4-5-7-16(15)21(28)25(3)24-18/h4-10,13H,11H2,1-3H3,(H,23,27)/t13-/m1/s1. The first-order valence-corrected chi connectivity index (χ1v) is 9.35. The van der Waals surface area contributed by atoms with Gasteiger partial charge in [0, 0.05) is 23.1 Å². The lowest BCUT2D eigenvalue weighted by Crippen LogP contribution is -2.31. The second-order valence-corrected chi connectivity index (χ2v) is 7.11. The minimum atomic E-state index is -1.01. The normalized spacial score (nSPS) is 11.9. The number of nitrogens with zero attached hydrogens (tertiary/aromatic N) is 2. The summed E-state index contributed by atoms with van der Waals surface area (Å²) >= 11 is 5.96. The van der Waals surface area contributed by atoms with Crippen LogP contribution in [0.25, 0.3) is 10.8 Å². The molecule has 0 aliphatic carbocycles. The highest BCUT2D eigenvalue weighted by molar-refractivity contribution is 6.31. The number of nitrogens with one attached hydrogen (secondary N) is 1. The third kappa shape index (κ3) is 4.63. The van der Waals surface area contributed by atoms with Crippen molar-refractivity contribution in [1.29, 1.82) is 0 Å². The van der Waals surface area contributed by atoms with Crippen LogP contribution in [0.15, 0.2) is 47.3 Å². The molecule has 0 saturated carbocycles. The van der Waals surface area contributed by atoms with Crippen LogP contribution in [-0.2, 0) is 27.8 Å². The van der Waals surface area contributed by atoms with Crippen LogP contribution >= 0.6 is 11.6 Å². The van der Waals surface area contributed by atoms with Crippen LogP contribution in [0.5, 0.6) is 0 Å². The van der Waals surface area contributed by atoms with Gasteiger partial charge in [-0.3, -0.25) is 14.4 Å². The number of rotatable bonds is 5. The number of halogens is 1. The molecule has 0 aliphatic rings. The molecule has 0 aliphatic heterocycles. The molecule has 1 heterocycles. The molecule has 0 spiro atoms. The number of amides is 1. The van der Waals surface area contributed by atoms with E-state index in [4.69, 9.17) is 16.3 Å². The Morgan fingerprint density at radius 1 is 1.21 bits per heavy atom. The van der Waals surface area contributed by atoms with Crippen molar-refractivity contribution in [2.75, 3.05) is 5.32 Å². The molecule has 29 heavy (non-hydrogen) atoms. The van der Waals surface area contributed by atoms with Crippen molar-refractivity contribution in [3.8, 4) is 0 Å². The summed E-state index contributed by atoms with van der Waals surface area (Å²) < 4.78 is 6.45. The Morgan fingerprint density at radius 3 is 2.62 bits per heavy atom. The molecule has 0 radical (unpaired) electrons. The second kappa shape index (κ2) is 8.45. The molecule has 1 N–H and O–H groups in total. The Morgan fingerprint density at radius 2 is 1.90 bits per heavy atom. The Balaban J connectivity index is 1.71. The number of ether oxygens (including phenoxy) is 1. The molecule has 0 unspecified atom stereocenters. The number of anilines is 1. The van der Waals surface area contributed by atoms with Crippen molar-refractivity contribution in [3.63, 3.8) is 0 Å². The molecule has 150 valence electrons. The van der Waals surface area contributed by atoms with E-state index < -0.39 is 18.0 Å². The van der Waals surface area contributed by atoms with Crippen molar-refractivity contribution in [3.05, 3.63) is 69.1 Å². The maximum Gasteiger partial charge on any atom is 0.312 e. The van der Waals surface area contributed by atoms with Crippen LogP contribution in [0, 0.1) is 6.92 Å². The lowest BCUT2D eigenvalue weighted by molar-refractivity contribution is -0.152. The Hall–Kier alpha value is -3.19. The summed E-state index contributed by atoms with van der Waals surface area (Å²) in [4.78, 5) is 37.0. The van der Waals surface area contributed by atoms with Gasteiger partial charge in [-0.15, -0.1) is 0 Å². The van der Waals surface area contributed by atoms with Crippen molar-refractivity contribution in [2.45, 2.75) is 26.4 Å². The van der Waals surface area contributed by atoms with Crippen molar-refractivity contribution < 1.29 is 14.3 Å². The molecule has 0 saturated heterocycles. The summed E-state index contributed by atoms with van der Waals surface area (Å²) in [7, 11) is 1.52. The maximum atomic E-state index is 12.4. The van der Waals surface area contributed by atoms with E-state index in [2.05, 4.69) is 10.4 Å². The average molecular weight is 414 g/mol. The van der Waals surface area contributed by atoms with E-state index >= 15 is 0 Å². The van der Waals surface area contributed by atoms with Gasteiger partial charge in [0.15, 0.2) is 6.10 Å². The van der Waals surface area contributed by atoms with Gasteiger partial charge in [-0.2, -0.15) is 5.10 Å². The first-order valence-electron chi connectivity index (χ1n) is 8.97. The third-order valence-corrected chi connectivity index (χ3v) is 4.71. The van der Waals surface area contributed by atoms with Crippen LogP contribution in [0.3, 0.4) is 0 Å². The number of benzene rings is 2. The smallest absolute Gasteiger partial charge is 0.312 e. The van der Waals surface area contributed by atoms with E-state index in [-0.39, 0.29) is 12.0 Å². The van der Waals surface area contributed by atoms with Crippen molar-refractivity contribution >= 4 is 39.9 Å². The number of esters is 1. The summed E-state index contributed by atoms with van der Waals surface area (Å²) in [6.45, 7) is 3.32. The fourth-order valence-corrected chi connectivity index (χ4v) is 3.07. The van der Waals surface area contributed by atoms with Crippen LogP contribution in [0.1, 0.15) is 18.2 Å². The van der Waals surface area contributed by atoms with Gasteiger partial charge in [0.05, 0.1) is 17.5 Å². The highest BCUT2D eigenvalue weighted by atomic mass is 35.5. The van der Waals surface area contributed by atoms with E-state index in [1.807, 2.05) is 6.92 Å². The lowest BCUT2D eigenvalue weighted by Gasteiger charge is -2.15. The minimum absolute atomic E-state index is 0.164. The molecule has 0 bridgehead atoms. The predicted molar refractivity (Wildman–Crippen MR) is 111 cm³/mol. The summed E-state index contributed by atoms with van der Waals surface area (Å²) in [6.07, 6.45) is -1.18. The van der Waals surface area contributed by atoms with E-state index in [0.29, 0.717) is 27.2 Å². The lowest BCUT2D eigenvalue weighted by atomic mass is 10.1. The highest BCUT2D eigenvalue weighted by Gasteiger charge is 2.20. The number of carbonyl (C=O) groups is 2. The molecular formula is C21H20ClN3O4. The van der Waals surface area contributed by atoms with Gasteiger partial charge < -0.3 is 10.1 Å². The summed E-state index contributed by atoms with van der Waals surface area (Å²) in [5, 5.41) is 8.41. The number of carbonyl (C=O) groups excluding carboxylic acids is 2. The summed E-state index contributed by atoms with van der Waals surface area (Å²) in [6, 6.07) is 12.1. The van der Waals surface area contributed by atoms with Gasteiger partial charge in [-0.25, -0.2) is 4.68 Å². The van der Waals surface area contributed by atoms with Crippen LogP contribution in [0.2, 0.25) is 5.02 Å². The molecule has 1 aromatic heterocycles. The summed E-state index contributed by atoms with van der Waals surface area (Å²) in [5.74, 6) is -1.09. The molecule has 0 fully saturated rings. The largest absolute Gasteiger partial charge is 0.452 e. The van der Waals surface area contributed by atoms with Gasteiger partial charge in [0.1, 0.15) is 0 Å². The van der Waals surface area contributed by atoms with Crippen LogP contribution < -0.4 is 10.9 Å². The number of hydrogen-bond acceptors (Lipinski definition) is 5. The van der Waals surface area contributed by atoms with E-state index in [1.165, 1.54) is 18.7 Å². The molecule has 1 atom stereocenters. The fraction of sp³-hybridized carbons (Fsp3) is 0.238. The molecule has 3 aromatic rings. The zero-order valence-electron chi connectivity index (χ0n) is 16.2. The molecule has 2 aromatic carbocycles. The number of hydrogen-bond donors (Lipinski definition) is 1. The van der Waals surface area contributed by atoms with Crippen LogP contribution in [0.4, 0.5) is 5.69 Å². The molecule has 8 heteroatoms. The number of aryl methyl sites for hydroxylation is 2. The van der Waals surface area contributed by atoms with Gasteiger partial charge in [0.25, 0.3) is 11.5 Å². The topological polar surface area (TPSA) is 90.3 Å². The van der Waals surface area contributed by atoms with Crippen molar-refractivity contribution in [1.82, 2.24) is 9.78 Å². The fourth-order valence-electron chi connectivity index (χ4n) is 2.90. The van der Waals surface area contributed by atoms with Crippen LogP contribution in [-0.4, -0.2) is 27.8 Å². The first kappa shape index (κ1) is 20.5. The Labute approximate surface area is 172 Å². The van der Waals surface area contributed by atoms with Crippen molar-refractivity contribution in [2.24, 2.45) is 7.05 Å². The third-order valence-electron chi connectivity index (χ3n) is 4.48. The number of fused-ring (bicyclic) bond motifs is 1. The predicted octanol–water partition coefficient (Wildman–Crippen LogP) is 3.01. The molecule has 1 amide bonds. The zero-order chi connectivity index (χ0) is 21.1. The van der Waals surface area contributed by atoms with Gasteiger partial charge in [0.2, 0.25) is 0 Å². The monoisotopic (exact) mass is 413 g/mol. The Kier molecular flexibility index (Phi) is 5.98. The van der Waals surface area contributed by atoms with Gasteiger partial charge in [-0.05, 0) is 37.6 Å². The second-order valence-electron chi connectivity index (χ2n) is 6.68. The highest BCUT2D eigenvalue weighted by Crippen LogP contribution is 2.20. The summed E-state index contributed by atoms with van der Waals surface area (Å²) in [5.41, 5.74) is 1.55. The molecular weight excluding hydrogens is 394 g/mol. The molecule has 7 nitrogen and oxygen atoms in total.